The summed E-state index contributed by atoms with van der Waals surface area (Å²) in [6.45, 7) is 8.59. The first kappa shape index (κ1) is 18.9. The molecule has 14 heavy (non-hydrogen) atoms. The maximum absolute atomic E-state index is 10.8. The summed E-state index contributed by atoms with van der Waals surface area (Å²) in [6, 6.07) is 0. The summed E-state index contributed by atoms with van der Waals surface area (Å²) < 4.78 is 9.89. The maximum Gasteiger partial charge on any atom is 0.333 e. The highest BCUT2D eigenvalue weighted by molar-refractivity contribution is 5.86. The van der Waals surface area contributed by atoms with Crippen molar-refractivity contribution in [3.8, 4) is 0 Å². The molecule has 0 aromatic rings. The lowest BCUT2D eigenvalue weighted by molar-refractivity contribution is -0.140. The zero-order valence-corrected chi connectivity index (χ0v) is 7.76. The number of rotatable bonds is 6. The van der Waals surface area contributed by atoms with Crippen LogP contribution in [0.3, 0.4) is 0 Å². The van der Waals surface area contributed by atoms with Gasteiger partial charge in [-0.3, -0.25) is 0 Å². The van der Waals surface area contributed by atoms with Gasteiger partial charge in [-0.05, 0) is 13.3 Å². The lowest BCUT2D eigenvalue weighted by Gasteiger charge is -2.04. The molecule has 0 N–H and O–H groups in total. The van der Waals surface area contributed by atoms with E-state index in [-0.39, 0.29) is 20.8 Å². The van der Waals surface area contributed by atoms with Gasteiger partial charge in [0.2, 0.25) is 0 Å². The normalized spacial score (nSPS) is 8.14. The van der Waals surface area contributed by atoms with Crippen molar-refractivity contribution in [3.63, 3.8) is 0 Å². The van der Waals surface area contributed by atoms with Crippen LogP contribution in [0, 0.1) is 0 Å². The third kappa shape index (κ3) is 11.2. The Hall–Kier alpha value is -0.830. The first-order valence-corrected chi connectivity index (χ1v) is 4.08. The van der Waals surface area contributed by atoms with Gasteiger partial charge in [-0.15, -0.1) is 0 Å². The van der Waals surface area contributed by atoms with Crippen molar-refractivity contribution in [3.05, 3.63) is 12.2 Å². The molecule has 86 valence electrons. The minimum Gasteiger partial charge on any atom is -0.460 e. The second kappa shape index (κ2) is 12.2. The fraction of sp³-hybridized carbons (Fsp3) is 0.727. The number of ether oxygens (including phenoxy) is 2. The lowest BCUT2D eigenvalue weighted by atomic mass is 10.4. The Labute approximate surface area is 88.1 Å². The summed E-state index contributed by atoms with van der Waals surface area (Å²) in [4.78, 5) is 10.8. The van der Waals surface area contributed by atoms with Gasteiger partial charge in [0.25, 0.3) is 0 Å². The molecule has 0 saturated carbocycles. The number of carbonyl (C=O) groups is 1. The highest BCUT2D eigenvalue weighted by Gasteiger charge is 2.01. The highest BCUT2D eigenvalue weighted by Crippen LogP contribution is 1.91. The standard InChI is InChI=1S/C9H16O3.2CH4/c1-4-5-11-6-7-12-9(10)8(2)3;;/h2,4-7H2,1,3H3;2*1H4. The zero-order valence-electron chi connectivity index (χ0n) is 7.76. The molecular formula is C11H24O3. The topological polar surface area (TPSA) is 35.5 Å². The van der Waals surface area contributed by atoms with E-state index in [0.29, 0.717) is 25.4 Å². The van der Waals surface area contributed by atoms with Gasteiger partial charge in [0.15, 0.2) is 0 Å². The van der Waals surface area contributed by atoms with Crippen molar-refractivity contribution in [2.45, 2.75) is 35.1 Å². The van der Waals surface area contributed by atoms with Crippen LogP contribution in [0.25, 0.3) is 0 Å². The van der Waals surface area contributed by atoms with E-state index in [1.165, 1.54) is 0 Å². The molecule has 0 rings (SSSR count). The second-order valence-corrected chi connectivity index (χ2v) is 2.53. The van der Waals surface area contributed by atoms with Crippen molar-refractivity contribution >= 4 is 5.97 Å². The largest absolute Gasteiger partial charge is 0.460 e. The van der Waals surface area contributed by atoms with Gasteiger partial charge in [0.1, 0.15) is 6.61 Å². The molecule has 0 bridgehead atoms. The molecule has 0 aromatic heterocycles. The van der Waals surface area contributed by atoms with Crippen LogP contribution in [0.15, 0.2) is 12.2 Å². The van der Waals surface area contributed by atoms with Gasteiger partial charge >= 0.3 is 5.97 Å². The van der Waals surface area contributed by atoms with Crippen LogP contribution in [0.2, 0.25) is 0 Å². The SMILES string of the molecule is C.C.C=C(C)C(=O)OCCOCCC. The molecule has 0 spiro atoms. The van der Waals surface area contributed by atoms with Crippen LogP contribution < -0.4 is 0 Å². The maximum atomic E-state index is 10.8. The Morgan fingerprint density at radius 1 is 1.21 bits per heavy atom. The molecule has 0 unspecified atom stereocenters. The minimum atomic E-state index is -0.352. The Bertz CT molecular complexity index is 153. The fourth-order valence-corrected chi connectivity index (χ4v) is 0.563. The Morgan fingerprint density at radius 2 is 1.79 bits per heavy atom. The zero-order chi connectivity index (χ0) is 9.40. The molecule has 0 amide bonds. The van der Waals surface area contributed by atoms with E-state index in [0.717, 1.165) is 6.42 Å². The molecule has 0 aromatic carbocycles. The summed E-state index contributed by atoms with van der Waals surface area (Å²) in [5, 5.41) is 0. The van der Waals surface area contributed by atoms with E-state index in [4.69, 9.17) is 9.47 Å². The van der Waals surface area contributed by atoms with Crippen LogP contribution >= 0.6 is 0 Å². The number of hydrogen-bond acceptors (Lipinski definition) is 3. The van der Waals surface area contributed by atoms with Gasteiger partial charge < -0.3 is 9.47 Å². The monoisotopic (exact) mass is 204 g/mol. The summed E-state index contributed by atoms with van der Waals surface area (Å²) in [5.41, 5.74) is 0.422. The molecule has 0 fully saturated rings. The van der Waals surface area contributed by atoms with E-state index in [1.807, 2.05) is 6.92 Å². The molecule has 0 atom stereocenters. The van der Waals surface area contributed by atoms with Crippen LogP contribution in [-0.4, -0.2) is 25.8 Å². The molecule has 0 aliphatic rings. The first-order chi connectivity index (χ1) is 5.68. The van der Waals surface area contributed by atoms with E-state index in [2.05, 4.69) is 6.58 Å². The molecule has 0 aliphatic carbocycles. The van der Waals surface area contributed by atoms with Crippen LogP contribution in [-0.2, 0) is 14.3 Å². The number of hydrogen-bond donors (Lipinski definition) is 0. The van der Waals surface area contributed by atoms with Crippen molar-refractivity contribution < 1.29 is 14.3 Å². The van der Waals surface area contributed by atoms with Gasteiger partial charge in [0.05, 0.1) is 6.61 Å². The van der Waals surface area contributed by atoms with Crippen molar-refractivity contribution in [1.29, 1.82) is 0 Å². The molecule has 3 nitrogen and oxygen atoms in total. The molecule has 0 radical (unpaired) electrons. The number of carbonyl (C=O) groups excluding carboxylic acids is 1. The van der Waals surface area contributed by atoms with E-state index in [1.54, 1.807) is 6.92 Å². The second-order valence-electron chi connectivity index (χ2n) is 2.53. The van der Waals surface area contributed by atoms with Crippen molar-refractivity contribution in [2.75, 3.05) is 19.8 Å². The molecule has 3 heteroatoms. The molecular weight excluding hydrogens is 180 g/mol. The van der Waals surface area contributed by atoms with E-state index in [9.17, 15) is 4.79 Å². The third-order valence-corrected chi connectivity index (χ3v) is 1.16. The highest BCUT2D eigenvalue weighted by atomic mass is 16.6. The Balaban J connectivity index is -0.000000605. The smallest absolute Gasteiger partial charge is 0.333 e. The summed E-state index contributed by atoms with van der Waals surface area (Å²) in [6.07, 6.45) is 0.981. The number of esters is 1. The van der Waals surface area contributed by atoms with Crippen LogP contribution in [0.5, 0.6) is 0 Å². The van der Waals surface area contributed by atoms with Crippen LogP contribution in [0.1, 0.15) is 35.1 Å². The van der Waals surface area contributed by atoms with Gasteiger partial charge in [-0.25, -0.2) is 4.79 Å². The van der Waals surface area contributed by atoms with Crippen molar-refractivity contribution in [2.24, 2.45) is 0 Å². The summed E-state index contributed by atoms with van der Waals surface area (Å²) in [7, 11) is 0. The van der Waals surface area contributed by atoms with E-state index < -0.39 is 0 Å². The minimum absolute atomic E-state index is 0. The lowest BCUT2D eigenvalue weighted by Crippen LogP contribution is -2.11. The Kier molecular flexibility index (Phi) is 16.4. The summed E-state index contributed by atoms with van der Waals surface area (Å²) in [5.74, 6) is -0.352. The van der Waals surface area contributed by atoms with Gasteiger partial charge in [-0.1, -0.05) is 28.4 Å². The third-order valence-electron chi connectivity index (χ3n) is 1.16. The van der Waals surface area contributed by atoms with Gasteiger partial charge in [-0.2, -0.15) is 0 Å². The molecule has 0 heterocycles. The van der Waals surface area contributed by atoms with Crippen LogP contribution in [0.4, 0.5) is 0 Å². The van der Waals surface area contributed by atoms with Crippen molar-refractivity contribution in [1.82, 2.24) is 0 Å². The van der Waals surface area contributed by atoms with Gasteiger partial charge in [0, 0.05) is 12.2 Å². The average Bonchev–Trinajstić information content (AvgIpc) is 2.03. The average molecular weight is 204 g/mol. The summed E-state index contributed by atoms with van der Waals surface area (Å²) >= 11 is 0. The quantitative estimate of drug-likeness (QED) is 0.379. The predicted octanol–water partition coefficient (Wildman–Crippen LogP) is 2.80. The fourth-order valence-electron chi connectivity index (χ4n) is 0.563. The molecule has 0 saturated heterocycles. The molecule has 0 aliphatic heterocycles. The predicted molar refractivity (Wildman–Crippen MR) is 60.3 cm³/mol. The first-order valence-electron chi connectivity index (χ1n) is 4.08. The Morgan fingerprint density at radius 3 is 2.21 bits per heavy atom. The van der Waals surface area contributed by atoms with E-state index >= 15 is 0 Å².